The van der Waals surface area contributed by atoms with E-state index in [-0.39, 0.29) is 18.6 Å². The molecule has 1 amide bonds. The zero-order chi connectivity index (χ0) is 14.3. The first-order valence-corrected chi connectivity index (χ1v) is 7.64. The Balaban J connectivity index is 2.39. The molecule has 0 saturated carbocycles. The summed E-state index contributed by atoms with van der Waals surface area (Å²) in [6.07, 6.45) is 2.00. The number of thioether (sulfide) groups is 1. The summed E-state index contributed by atoms with van der Waals surface area (Å²) in [6.45, 7) is 1.97. The van der Waals surface area contributed by atoms with E-state index in [1.807, 2.05) is 13.2 Å². The van der Waals surface area contributed by atoms with Crippen molar-refractivity contribution < 1.29 is 9.53 Å². The second-order valence-electron chi connectivity index (χ2n) is 4.10. The number of rotatable bonds is 7. The third-order valence-electron chi connectivity index (χ3n) is 2.33. The van der Waals surface area contributed by atoms with Crippen molar-refractivity contribution >= 4 is 34.9 Å². The van der Waals surface area contributed by atoms with E-state index in [9.17, 15) is 4.79 Å². The highest BCUT2D eigenvalue weighted by molar-refractivity contribution is 7.98. The second-order valence-corrected chi connectivity index (χ2v) is 5.45. The minimum absolute atomic E-state index is 0.00510. The van der Waals surface area contributed by atoms with Gasteiger partial charge in [0, 0.05) is 17.4 Å². The van der Waals surface area contributed by atoms with Crippen LogP contribution in [0.15, 0.2) is 24.3 Å². The number of nitrogens with two attached hydrogens (primary N) is 1. The Morgan fingerprint density at radius 3 is 2.63 bits per heavy atom. The molecule has 0 aliphatic rings. The molecule has 3 N–H and O–H groups in total. The van der Waals surface area contributed by atoms with Crippen molar-refractivity contribution in [1.82, 2.24) is 5.32 Å². The van der Waals surface area contributed by atoms with Gasteiger partial charge in [0.1, 0.15) is 10.7 Å². The summed E-state index contributed by atoms with van der Waals surface area (Å²) in [4.78, 5) is 11.9. The average molecular weight is 298 g/mol. The lowest BCUT2D eigenvalue weighted by atomic mass is 10.2. The number of benzene rings is 1. The number of nitrogens with one attached hydrogen (secondary N) is 1. The first-order chi connectivity index (χ1) is 9.02. The number of ether oxygens (including phenoxy) is 1. The third-order valence-corrected chi connectivity index (χ3v) is 3.40. The smallest absolute Gasteiger partial charge is 0.258 e. The Labute approximate surface area is 123 Å². The van der Waals surface area contributed by atoms with Gasteiger partial charge in [0.25, 0.3) is 5.91 Å². The molecule has 1 aromatic rings. The number of hydrogen-bond acceptors (Lipinski definition) is 4. The number of thiocarbonyl (C=S) groups is 1. The van der Waals surface area contributed by atoms with Crippen LogP contribution in [0, 0.1) is 0 Å². The molecule has 0 aliphatic heterocycles. The molecule has 6 heteroatoms. The first-order valence-electron chi connectivity index (χ1n) is 5.84. The lowest BCUT2D eigenvalue weighted by Gasteiger charge is -2.13. The largest absolute Gasteiger partial charge is 0.484 e. The Bertz CT molecular complexity index is 435. The molecule has 1 rings (SSSR count). The quantitative estimate of drug-likeness (QED) is 0.748. The maximum atomic E-state index is 11.6. The lowest BCUT2D eigenvalue weighted by Crippen LogP contribution is -2.37. The van der Waals surface area contributed by atoms with Gasteiger partial charge in [-0.3, -0.25) is 4.79 Å². The van der Waals surface area contributed by atoms with Crippen LogP contribution in [-0.4, -0.2) is 35.6 Å². The van der Waals surface area contributed by atoms with Crippen molar-refractivity contribution in [3.05, 3.63) is 29.8 Å². The van der Waals surface area contributed by atoms with E-state index in [2.05, 4.69) is 5.32 Å². The van der Waals surface area contributed by atoms with E-state index in [0.717, 1.165) is 11.3 Å². The molecule has 0 heterocycles. The van der Waals surface area contributed by atoms with Gasteiger partial charge in [0.15, 0.2) is 6.61 Å². The van der Waals surface area contributed by atoms with Crippen LogP contribution in [-0.2, 0) is 4.79 Å². The van der Waals surface area contributed by atoms with Crippen LogP contribution in [0.25, 0.3) is 0 Å². The van der Waals surface area contributed by atoms with Gasteiger partial charge in [0.05, 0.1) is 0 Å². The fourth-order valence-electron chi connectivity index (χ4n) is 1.47. The molecule has 0 fully saturated rings. The third kappa shape index (κ3) is 5.94. The van der Waals surface area contributed by atoms with Crippen LogP contribution in [0.2, 0.25) is 0 Å². The second kappa shape index (κ2) is 8.01. The highest BCUT2D eigenvalue weighted by Crippen LogP contribution is 2.11. The van der Waals surface area contributed by atoms with Crippen LogP contribution in [0.4, 0.5) is 0 Å². The molecule has 0 aromatic heterocycles. The van der Waals surface area contributed by atoms with E-state index in [1.165, 1.54) is 0 Å². The first kappa shape index (κ1) is 15.8. The van der Waals surface area contributed by atoms with Crippen LogP contribution < -0.4 is 15.8 Å². The van der Waals surface area contributed by atoms with Crippen molar-refractivity contribution in [2.75, 3.05) is 18.6 Å². The summed E-state index contributed by atoms with van der Waals surface area (Å²) in [6, 6.07) is 7.17. The van der Waals surface area contributed by atoms with Gasteiger partial charge in [-0.1, -0.05) is 12.2 Å². The monoisotopic (exact) mass is 298 g/mol. The molecule has 0 saturated heterocycles. The Hall–Kier alpha value is -1.27. The molecule has 19 heavy (non-hydrogen) atoms. The minimum atomic E-state index is -0.125. The van der Waals surface area contributed by atoms with Gasteiger partial charge in [-0.25, -0.2) is 0 Å². The molecule has 0 spiro atoms. The van der Waals surface area contributed by atoms with Crippen molar-refractivity contribution in [2.24, 2.45) is 5.73 Å². The van der Waals surface area contributed by atoms with Crippen LogP contribution in [0.1, 0.15) is 12.5 Å². The predicted molar refractivity (Wildman–Crippen MR) is 83.8 cm³/mol. The Morgan fingerprint density at radius 1 is 1.47 bits per heavy atom. The topological polar surface area (TPSA) is 64.3 Å². The van der Waals surface area contributed by atoms with E-state index in [4.69, 9.17) is 22.7 Å². The molecular weight excluding hydrogens is 280 g/mol. The molecule has 104 valence electrons. The summed E-state index contributed by atoms with van der Waals surface area (Å²) in [5.41, 5.74) is 6.27. The number of hydrogen-bond donors (Lipinski definition) is 2. The van der Waals surface area contributed by atoms with E-state index in [0.29, 0.717) is 10.7 Å². The fourth-order valence-corrected chi connectivity index (χ4v) is 2.19. The fraction of sp³-hybridized carbons (Fsp3) is 0.385. The highest BCUT2D eigenvalue weighted by Gasteiger charge is 2.07. The van der Waals surface area contributed by atoms with Crippen molar-refractivity contribution in [1.29, 1.82) is 0 Å². The number of amides is 1. The zero-order valence-corrected chi connectivity index (χ0v) is 12.6. The van der Waals surface area contributed by atoms with Crippen LogP contribution in [0.5, 0.6) is 5.75 Å². The summed E-state index contributed by atoms with van der Waals surface area (Å²) in [7, 11) is 0. The predicted octanol–water partition coefficient (Wildman–Crippen LogP) is 1.57. The molecule has 1 unspecified atom stereocenters. The summed E-state index contributed by atoms with van der Waals surface area (Å²) >= 11 is 6.55. The molecule has 0 aliphatic carbocycles. The molecule has 1 atom stereocenters. The van der Waals surface area contributed by atoms with Crippen LogP contribution in [0.3, 0.4) is 0 Å². The highest BCUT2D eigenvalue weighted by atomic mass is 32.2. The van der Waals surface area contributed by atoms with Crippen molar-refractivity contribution in [3.63, 3.8) is 0 Å². The van der Waals surface area contributed by atoms with Gasteiger partial charge < -0.3 is 15.8 Å². The average Bonchev–Trinajstić information content (AvgIpc) is 2.37. The molecule has 4 nitrogen and oxygen atoms in total. The van der Waals surface area contributed by atoms with Crippen LogP contribution >= 0.6 is 24.0 Å². The van der Waals surface area contributed by atoms with Gasteiger partial charge >= 0.3 is 0 Å². The SMILES string of the molecule is CSCC(C)NC(=O)COc1ccc(C(N)=S)cc1. The summed E-state index contributed by atoms with van der Waals surface area (Å²) in [5, 5.41) is 2.86. The lowest BCUT2D eigenvalue weighted by molar-refractivity contribution is -0.123. The Morgan fingerprint density at radius 2 is 2.11 bits per heavy atom. The standard InChI is InChI=1S/C13H18N2O2S2/c1-9(8-19-2)15-12(16)7-17-11-5-3-10(4-6-11)13(14)18/h3-6,9H,7-8H2,1-2H3,(H2,14,18)(H,15,16). The summed E-state index contributed by atoms with van der Waals surface area (Å²) < 4.78 is 5.38. The van der Waals surface area contributed by atoms with Crippen molar-refractivity contribution in [2.45, 2.75) is 13.0 Å². The maximum absolute atomic E-state index is 11.6. The molecule has 0 radical (unpaired) electrons. The van der Waals surface area contributed by atoms with Gasteiger partial charge in [-0.05, 0) is 37.4 Å². The van der Waals surface area contributed by atoms with E-state index < -0.39 is 0 Å². The van der Waals surface area contributed by atoms with E-state index in [1.54, 1.807) is 36.0 Å². The van der Waals surface area contributed by atoms with E-state index >= 15 is 0 Å². The normalized spacial score (nSPS) is 11.7. The number of carbonyl (C=O) groups excluding carboxylic acids is 1. The van der Waals surface area contributed by atoms with Crippen molar-refractivity contribution in [3.8, 4) is 5.75 Å². The number of carbonyl (C=O) groups is 1. The molecule has 0 bridgehead atoms. The maximum Gasteiger partial charge on any atom is 0.258 e. The van der Waals surface area contributed by atoms with Gasteiger partial charge in [-0.2, -0.15) is 11.8 Å². The zero-order valence-electron chi connectivity index (χ0n) is 11.0. The summed E-state index contributed by atoms with van der Waals surface area (Å²) in [5.74, 6) is 1.38. The molecule has 1 aromatic carbocycles. The van der Waals surface area contributed by atoms with Gasteiger partial charge in [-0.15, -0.1) is 0 Å². The Kier molecular flexibility index (Phi) is 6.66. The van der Waals surface area contributed by atoms with Gasteiger partial charge in [0.2, 0.25) is 0 Å². The molecular formula is C13H18N2O2S2. The minimum Gasteiger partial charge on any atom is -0.484 e.